The maximum Gasteiger partial charge on any atom is 0.335 e. The van der Waals surface area contributed by atoms with Crippen molar-refractivity contribution in [3.63, 3.8) is 0 Å². The van der Waals surface area contributed by atoms with Crippen molar-refractivity contribution in [2.45, 2.75) is 38.5 Å². The lowest BCUT2D eigenvalue weighted by atomic mass is 9.93. The molecule has 1 saturated heterocycles. The van der Waals surface area contributed by atoms with Crippen molar-refractivity contribution in [2.75, 3.05) is 26.8 Å². The number of fused-ring (bicyclic) bond motifs is 1. The summed E-state index contributed by atoms with van der Waals surface area (Å²) >= 11 is 1.57. The molecule has 4 heterocycles. The number of carboxylic acids is 1. The minimum absolute atomic E-state index is 0.263. The van der Waals surface area contributed by atoms with E-state index in [9.17, 15) is 9.90 Å². The van der Waals surface area contributed by atoms with Crippen molar-refractivity contribution in [1.82, 2.24) is 24.4 Å². The third-order valence-electron chi connectivity index (χ3n) is 6.54. The van der Waals surface area contributed by atoms with Gasteiger partial charge in [0.1, 0.15) is 17.4 Å². The van der Waals surface area contributed by atoms with E-state index in [1.807, 2.05) is 17.5 Å². The second-order valence-corrected chi connectivity index (χ2v) is 9.83. The van der Waals surface area contributed by atoms with Crippen molar-refractivity contribution in [3.8, 4) is 5.88 Å². The van der Waals surface area contributed by atoms with Gasteiger partial charge in [0.05, 0.1) is 29.7 Å². The highest BCUT2D eigenvalue weighted by Crippen LogP contribution is 2.29. The Labute approximate surface area is 213 Å². The summed E-state index contributed by atoms with van der Waals surface area (Å²) in [5.74, 6) is 1.01. The Balaban J connectivity index is 1.24. The van der Waals surface area contributed by atoms with Gasteiger partial charge in [-0.15, -0.1) is 11.3 Å². The van der Waals surface area contributed by atoms with Crippen LogP contribution in [0.25, 0.3) is 11.0 Å². The number of carboxylic acid groups (broad SMARTS) is 1. The molecule has 0 unspecified atom stereocenters. The SMILES string of the molecule is COCCn1c(CN2CCC(c3cccc(OCc4nccs4)n3)CC2)nc2ccc(C(=O)O)cc21. The normalized spacial score (nSPS) is 14.9. The summed E-state index contributed by atoms with van der Waals surface area (Å²) in [5, 5.41) is 12.3. The van der Waals surface area contributed by atoms with Gasteiger partial charge in [-0.05, 0) is 50.2 Å². The van der Waals surface area contributed by atoms with Crippen LogP contribution in [0.2, 0.25) is 0 Å². The number of rotatable bonds is 10. The van der Waals surface area contributed by atoms with Crippen molar-refractivity contribution >= 4 is 28.3 Å². The van der Waals surface area contributed by atoms with E-state index in [0.29, 0.717) is 38.1 Å². The van der Waals surface area contributed by atoms with Crippen LogP contribution in [0.1, 0.15) is 45.6 Å². The van der Waals surface area contributed by atoms with Gasteiger partial charge >= 0.3 is 5.97 Å². The first-order valence-corrected chi connectivity index (χ1v) is 12.9. The van der Waals surface area contributed by atoms with Crippen LogP contribution >= 0.6 is 11.3 Å². The fourth-order valence-electron chi connectivity index (χ4n) is 4.64. The lowest BCUT2D eigenvalue weighted by Gasteiger charge is -2.31. The average Bonchev–Trinajstić information content (AvgIpc) is 3.54. The fraction of sp³-hybridized carbons (Fsp3) is 0.385. The van der Waals surface area contributed by atoms with Gasteiger partial charge in [0.25, 0.3) is 0 Å². The van der Waals surface area contributed by atoms with E-state index in [2.05, 4.69) is 20.5 Å². The summed E-state index contributed by atoms with van der Waals surface area (Å²) in [6.45, 7) is 4.17. The van der Waals surface area contributed by atoms with E-state index >= 15 is 0 Å². The van der Waals surface area contributed by atoms with Gasteiger partial charge in [0.15, 0.2) is 0 Å². The first kappa shape index (κ1) is 24.4. The number of nitrogens with zero attached hydrogens (tertiary/aromatic N) is 5. The highest BCUT2D eigenvalue weighted by Gasteiger charge is 2.24. The molecule has 5 rings (SSSR count). The number of hydrogen-bond acceptors (Lipinski definition) is 8. The number of aromatic nitrogens is 4. The zero-order valence-electron chi connectivity index (χ0n) is 20.2. The van der Waals surface area contributed by atoms with E-state index in [1.54, 1.807) is 42.8 Å². The highest BCUT2D eigenvalue weighted by atomic mass is 32.1. The minimum Gasteiger partial charge on any atom is -0.478 e. The third-order valence-corrected chi connectivity index (χ3v) is 7.29. The molecule has 1 aliphatic rings. The molecular weight excluding hydrogens is 478 g/mol. The summed E-state index contributed by atoms with van der Waals surface area (Å²) < 4.78 is 13.2. The van der Waals surface area contributed by atoms with E-state index < -0.39 is 5.97 Å². The van der Waals surface area contributed by atoms with E-state index in [0.717, 1.165) is 53.5 Å². The van der Waals surface area contributed by atoms with Crippen LogP contribution in [-0.2, 0) is 24.4 Å². The monoisotopic (exact) mass is 507 g/mol. The molecule has 1 aromatic carbocycles. The van der Waals surface area contributed by atoms with E-state index in [4.69, 9.17) is 19.4 Å². The van der Waals surface area contributed by atoms with Gasteiger partial charge in [-0.25, -0.2) is 19.7 Å². The Kier molecular flexibility index (Phi) is 7.55. The van der Waals surface area contributed by atoms with Crippen molar-refractivity contribution in [2.24, 2.45) is 0 Å². The van der Waals surface area contributed by atoms with E-state index in [-0.39, 0.29) is 5.56 Å². The van der Waals surface area contributed by atoms with Crippen molar-refractivity contribution < 1.29 is 19.4 Å². The van der Waals surface area contributed by atoms with Crippen molar-refractivity contribution in [1.29, 1.82) is 0 Å². The van der Waals surface area contributed by atoms with Gasteiger partial charge in [0, 0.05) is 42.9 Å². The molecule has 1 fully saturated rings. The number of carbonyl (C=O) groups is 1. The van der Waals surface area contributed by atoms with Gasteiger partial charge < -0.3 is 19.1 Å². The number of methoxy groups -OCH3 is 1. The maximum atomic E-state index is 11.5. The first-order chi connectivity index (χ1) is 17.6. The van der Waals surface area contributed by atoms with Gasteiger partial charge in [-0.2, -0.15) is 0 Å². The van der Waals surface area contributed by atoms with Gasteiger partial charge in [-0.1, -0.05) is 6.07 Å². The Morgan fingerprint density at radius 2 is 2.06 bits per heavy atom. The zero-order chi connectivity index (χ0) is 24.9. The van der Waals surface area contributed by atoms with Crippen LogP contribution in [0.3, 0.4) is 0 Å². The number of benzene rings is 1. The highest BCUT2D eigenvalue weighted by molar-refractivity contribution is 7.09. The smallest absolute Gasteiger partial charge is 0.335 e. The number of pyridine rings is 1. The topological polar surface area (TPSA) is 103 Å². The predicted molar refractivity (Wildman–Crippen MR) is 137 cm³/mol. The molecule has 0 bridgehead atoms. The quantitative estimate of drug-likeness (QED) is 0.341. The molecular formula is C26H29N5O4S. The number of thiazole rings is 1. The first-order valence-electron chi connectivity index (χ1n) is 12.0. The molecule has 0 spiro atoms. The van der Waals surface area contributed by atoms with Crippen LogP contribution in [0.4, 0.5) is 0 Å². The molecule has 188 valence electrons. The van der Waals surface area contributed by atoms with Crippen LogP contribution < -0.4 is 4.74 Å². The summed E-state index contributed by atoms with van der Waals surface area (Å²) in [7, 11) is 1.67. The molecule has 3 aromatic heterocycles. The lowest BCUT2D eigenvalue weighted by molar-refractivity contribution is 0.0697. The van der Waals surface area contributed by atoms with Crippen molar-refractivity contribution in [3.05, 3.63) is 70.1 Å². The molecule has 1 N–H and O–H groups in total. The number of imidazole rings is 1. The predicted octanol–water partition coefficient (Wildman–Crippen LogP) is 4.19. The number of likely N-dealkylation sites (tertiary alicyclic amines) is 1. The molecule has 0 aliphatic carbocycles. The van der Waals surface area contributed by atoms with Crippen LogP contribution in [0.5, 0.6) is 5.88 Å². The summed E-state index contributed by atoms with van der Waals surface area (Å²) in [6, 6.07) is 11.1. The Morgan fingerprint density at radius 1 is 1.19 bits per heavy atom. The van der Waals surface area contributed by atoms with Crippen LogP contribution in [0, 0.1) is 0 Å². The molecule has 0 radical (unpaired) electrons. The number of ether oxygens (including phenoxy) is 2. The van der Waals surface area contributed by atoms with Gasteiger partial charge in [-0.3, -0.25) is 4.90 Å². The molecule has 0 atom stereocenters. The molecule has 0 amide bonds. The lowest BCUT2D eigenvalue weighted by Crippen LogP contribution is -2.33. The second-order valence-electron chi connectivity index (χ2n) is 8.85. The molecule has 1 aliphatic heterocycles. The number of hydrogen-bond donors (Lipinski definition) is 1. The third kappa shape index (κ3) is 5.56. The van der Waals surface area contributed by atoms with Crippen LogP contribution in [-0.4, -0.2) is 62.3 Å². The maximum absolute atomic E-state index is 11.5. The Hall–Kier alpha value is -3.34. The van der Waals surface area contributed by atoms with E-state index in [1.165, 1.54) is 0 Å². The molecule has 36 heavy (non-hydrogen) atoms. The summed E-state index contributed by atoms with van der Waals surface area (Å²) in [4.78, 5) is 27.7. The Bertz CT molecular complexity index is 1320. The molecule has 10 heteroatoms. The fourth-order valence-corrected chi connectivity index (χ4v) is 5.17. The molecule has 4 aromatic rings. The summed E-state index contributed by atoms with van der Waals surface area (Å²) in [6.07, 6.45) is 3.79. The Morgan fingerprint density at radius 3 is 2.81 bits per heavy atom. The zero-order valence-corrected chi connectivity index (χ0v) is 21.0. The summed E-state index contributed by atoms with van der Waals surface area (Å²) in [5.41, 5.74) is 2.97. The van der Waals surface area contributed by atoms with Gasteiger partial charge in [0.2, 0.25) is 5.88 Å². The molecule has 9 nitrogen and oxygen atoms in total. The van der Waals surface area contributed by atoms with Crippen LogP contribution in [0.15, 0.2) is 48.0 Å². The largest absolute Gasteiger partial charge is 0.478 e. The average molecular weight is 508 g/mol. The minimum atomic E-state index is -0.939. The number of piperidine rings is 1. The molecule has 0 saturated carbocycles. The second kappa shape index (κ2) is 11.2. The standard InChI is InChI=1S/C26H29N5O4S/c1-34-13-12-31-22-15-19(26(32)33)5-6-21(22)28-23(31)16-30-10-7-18(8-11-30)20-3-2-4-24(29-20)35-17-25-27-9-14-36-25/h2-6,9,14-15,18H,7-8,10-13,16-17H2,1H3,(H,32,33). The number of aromatic carboxylic acids is 1.